The summed E-state index contributed by atoms with van der Waals surface area (Å²) in [5.74, 6) is -6.92. The van der Waals surface area contributed by atoms with Gasteiger partial charge in [-0.25, -0.2) is 0 Å². The van der Waals surface area contributed by atoms with E-state index < -0.39 is 78.6 Å². The van der Waals surface area contributed by atoms with Crippen molar-refractivity contribution in [1.29, 1.82) is 0 Å². The molecule has 334 valence electrons. The third-order valence-corrected chi connectivity index (χ3v) is 9.09. The van der Waals surface area contributed by atoms with Gasteiger partial charge in [0.05, 0.1) is 59.8 Å². The van der Waals surface area contributed by atoms with Crippen molar-refractivity contribution in [2.24, 2.45) is 43.3 Å². The third kappa shape index (κ3) is 24.7. The van der Waals surface area contributed by atoms with Gasteiger partial charge in [0.15, 0.2) is 17.3 Å². The molecule has 0 unspecified atom stereocenters. The molecular formula is C44H71O14Y. The molecule has 0 heterocycles. The van der Waals surface area contributed by atoms with Gasteiger partial charge in [-0.05, 0) is 41.5 Å². The Morgan fingerprint density at radius 1 is 0.254 bits per heavy atom. The zero-order chi connectivity index (χ0) is 48.2. The second-order valence-electron chi connectivity index (χ2n) is 21.1. The molecule has 0 radical (unpaired) electrons. The summed E-state index contributed by atoms with van der Waals surface area (Å²) in [6.45, 7) is 33.7. The molecule has 0 rings (SSSR count). The maximum Gasteiger partial charge on any atom is 3.00 e. The molecule has 0 saturated heterocycles. The fraction of sp³-hybridized carbons (Fsp3) is 0.750. The van der Waals surface area contributed by atoms with Crippen molar-refractivity contribution in [3.8, 4) is 0 Å². The van der Waals surface area contributed by atoms with Gasteiger partial charge in [-0.2, -0.15) is 0 Å². The molecule has 59 heavy (non-hydrogen) atoms. The number of carboxylic acid groups (broad SMARTS) is 3. The van der Waals surface area contributed by atoms with Crippen LogP contribution in [0.5, 0.6) is 0 Å². The number of rotatable bonds is 14. The Labute approximate surface area is 377 Å². The van der Waals surface area contributed by atoms with E-state index in [4.69, 9.17) is 0 Å². The van der Waals surface area contributed by atoms with E-state index in [9.17, 15) is 68.1 Å². The van der Waals surface area contributed by atoms with E-state index in [0.29, 0.717) is 0 Å². The number of hydrogen-bond donors (Lipinski definition) is 0. The molecule has 0 atom stereocenters. The van der Waals surface area contributed by atoms with Gasteiger partial charge in [0.1, 0.15) is 28.9 Å². The summed E-state index contributed by atoms with van der Waals surface area (Å²) in [5, 5.41) is 32.0. The van der Waals surface area contributed by atoms with Gasteiger partial charge >= 0.3 is 32.7 Å². The van der Waals surface area contributed by atoms with E-state index in [1.807, 2.05) is 41.5 Å². The SMILES string of the molecule is CC(C)(C)C(=O)CC(=O)C(C)(C)C.CC(C)(C)C(=O)CC(=O)C(C)(C)C(=O)[O-].CC(C)(C)C(=O)CC(=O)C(C)(C)C(=O)[O-].CC(C)(C)C(=O)CC(=O)C(C)(C)C(=O)[O-].[Y+3]. The molecule has 0 N–H and O–H groups in total. The molecule has 0 aliphatic heterocycles. The van der Waals surface area contributed by atoms with Gasteiger partial charge < -0.3 is 29.7 Å². The number of carbonyl (C=O) groups excluding carboxylic acids is 11. The van der Waals surface area contributed by atoms with Crippen LogP contribution in [-0.2, 0) is 85.4 Å². The molecule has 0 aliphatic carbocycles. The van der Waals surface area contributed by atoms with E-state index in [0.717, 1.165) is 0 Å². The summed E-state index contributed by atoms with van der Waals surface area (Å²) < 4.78 is 0. The van der Waals surface area contributed by atoms with Crippen molar-refractivity contribution in [2.45, 2.75) is 171 Å². The van der Waals surface area contributed by atoms with E-state index in [2.05, 4.69) is 0 Å². The fourth-order valence-electron chi connectivity index (χ4n) is 2.91. The van der Waals surface area contributed by atoms with Gasteiger partial charge in [0.2, 0.25) is 0 Å². The molecule has 0 fully saturated rings. The molecular weight excluding hydrogens is 841 g/mol. The molecule has 0 amide bonds. The van der Waals surface area contributed by atoms with Crippen LogP contribution in [0.1, 0.15) is 171 Å². The smallest absolute Gasteiger partial charge is 0.549 e. The molecule has 0 saturated carbocycles. The van der Waals surface area contributed by atoms with Crippen molar-refractivity contribution in [2.75, 3.05) is 0 Å². The number of aliphatic carboxylic acids is 3. The van der Waals surface area contributed by atoms with Gasteiger partial charge in [-0.3, -0.25) is 38.4 Å². The minimum absolute atomic E-state index is 0. The Balaban J connectivity index is -0.000000219. The number of ketones is 8. The van der Waals surface area contributed by atoms with E-state index in [1.54, 1.807) is 62.3 Å². The standard InChI is InChI=1S/3C11H18O4.C11H20O2.Y/c3*1-10(2,3)7(12)6-8(13)11(4,5)9(14)15;1-10(2,3)8(12)7-9(13)11(4,5)6;/h3*6H2,1-5H3,(H,14,15);7H2,1-6H3;/q;;;;+3/p-3. The Kier molecular flexibility index (Phi) is 26.2. The van der Waals surface area contributed by atoms with Crippen LogP contribution in [0.15, 0.2) is 0 Å². The van der Waals surface area contributed by atoms with Crippen LogP contribution in [0.4, 0.5) is 0 Å². The largest absolute Gasteiger partial charge is 3.00 e. The number of Topliss-reactive ketones (excluding diaryl/α,β-unsaturated/α-hetero) is 8. The van der Waals surface area contributed by atoms with Gasteiger partial charge in [-0.15, -0.1) is 0 Å². The summed E-state index contributed by atoms with van der Waals surface area (Å²) in [6, 6.07) is 0. The van der Waals surface area contributed by atoms with Crippen LogP contribution < -0.4 is 15.3 Å². The minimum atomic E-state index is -1.60. The van der Waals surface area contributed by atoms with Crippen LogP contribution >= 0.6 is 0 Å². The van der Waals surface area contributed by atoms with Crippen molar-refractivity contribution in [3.63, 3.8) is 0 Å². The summed E-state index contributed by atoms with van der Waals surface area (Å²) in [5.41, 5.74) is -7.47. The first-order valence-corrected chi connectivity index (χ1v) is 18.9. The molecule has 0 spiro atoms. The Morgan fingerprint density at radius 3 is 0.441 bits per heavy atom. The predicted molar refractivity (Wildman–Crippen MR) is 212 cm³/mol. The molecule has 0 aromatic carbocycles. The normalized spacial score (nSPS) is 12.2. The van der Waals surface area contributed by atoms with Crippen molar-refractivity contribution >= 4 is 64.2 Å². The third-order valence-electron chi connectivity index (χ3n) is 9.09. The van der Waals surface area contributed by atoms with Crippen LogP contribution in [-0.4, -0.2) is 64.2 Å². The van der Waals surface area contributed by atoms with E-state index in [-0.39, 0.29) is 87.3 Å². The van der Waals surface area contributed by atoms with Gasteiger partial charge in [0.25, 0.3) is 0 Å². The second-order valence-corrected chi connectivity index (χ2v) is 21.1. The summed E-state index contributed by atoms with van der Waals surface area (Å²) in [7, 11) is 0. The van der Waals surface area contributed by atoms with Crippen molar-refractivity contribution < 1.29 is 101 Å². The molecule has 0 bridgehead atoms. The maximum atomic E-state index is 11.5. The zero-order valence-electron chi connectivity index (χ0n) is 39.6. The van der Waals surface area contributed by atoms with Crippen molar-refractivity contribution in [1.82, 2.24) is 0 Å². The molecule has 0 aromatic heterocycles. The van der Waals surface area contributed by atoms with Crippen molar-refractivity contribution in [3.05, 3.63) is 0 Å². The average Bonchev–Trinajstić information content (AvgIpc) is 2.99. The number of carboxylic acids is 3. The quantitative estimate of drug-likeness (QED) is 0.226. The summed E-state index contributed by atoms with van der Waals surface area (Å²) in [6.07, 6.45) is -1.01. The average molecular weight is 913 g/mol. The van der Waals surface area contributed by atoms with E-state index in [1.165, 1.54) is 41.5 Å². The monoisotopic (exact) mass is 912 g/mol. The van der Waals surface area contributed by atoms with Crippen LogP contribution in [0.3, 0.4) is 0 Å². The van der Waals surface area contributed by atoms with Gasteiger partial charge in [-0.1, -0.05) is 104 Å². The molecule has 0 aromatic rings. The van der Waals surface area contributed by atoms with Gasteiger partial charge in [0, 0.05) is 27.1 Å². The fourth-order valence-corrected chi connectivity index (χ4v) is 2.91. The first-order chi connectivity index (χ1) is 25.0. The number of carbonyl (C=O) groups is 11. The molecule has 14 nitrogen and oxygen atoms in total. The Hall–Kier alpha value is -3.13. The Bertz CT molecular complexity index is 1400. The first kappa shape index (κ1) is 65.0. The summed E-state index contributed by atoms with van der Waals surface area (Å²) in [4.78, 5) is 124. The topological polar surface area (TPSA) is 257 Å². The summed E-state index contributed by atoms with van der Waals surface area (Å²) >= 11 is 0. The Morgan fingerprint density at radius 2 is 0.356 bits per heavy atom. The minimum Gasteiger partial charge on any atom is -0.549 e. The first-order valence-electron chi connectivity index (χ1n) is 18.9. The van der Waals surface area contributed by atoms with Crippen LogP contribution in [0.25, 0.3) is 0 Å². The predicted octanol–water partition coefficient (Wildman–Crippen LogP) is 3.62. The van der Waals surface area contributed by atoms with Crippen LogP contribution in [0, 0.1) is 43.3 Å². The van der Waals surface area contributed by atoms with Crippen LogP contribution in [0.2, 0.25) is 0 Å². The maximum absolute atomic E-state index is 11.5. The zero-order valence-corrected chi connectivity index (χ0v) is 42.5. The molecule has 0 aliphatic rings. The molecule has 15 heteroatoms. The number of hydrogen-bond acceptors (Lipinski definition) is 14. The van der Waals surface area contributed by atoms with E-state index >= 15 is 0 Å². The second kappa shape index (κ2) is 23.8.